The predicted molar refractivity (Wildman–Crippen MR) is 98.3 cm³/mol. The molecule has 0 aliphatic carbocycles. The second-order valence-corrected chi connectivity index (χ2v) is 7.09. The molecule has 0 saturated carbocycles. The molecule has 2 aromatic rings. The Morgan fingerprint density at radius 3 is 2.30 bits per heavy atom. The number of hydrogen-bond acceptors (Lipinski definition) is 3. The third-order valence-corrected chi connectivity index (χ3v) is 4.92. The molecule has 3 N–H and O–H groups in total. The van der Waals surface area contributed by atoms with Crippen molar-refractivity contribution in [3.8, 4) is 0 Å². The second kappa shape index (κ2) is 7.54. The molecule has 7 heteroatoms. The fraction of sp³-hybridized carbons (Fsp3) is 0.188. The van der Waals surface area contributed by atoms with Crippen LogP contribution in [0.2, 0.25) is 0 Å². The Labute approximate surface area is 142 Å². The van der Waals surface area contributed by atoms with Crippen molar-refractivity contribution in [2.75, 3.05) is 17.2 Å². The molecule has 0 amide bonds. The summed E-state index contributed by atoms with van der Waals surface area (Å²) in [5.74, 6) is 0. The molecule has 0 aliphatic rings. The number of anilines is 2. The van der Waals surface area contributed by atoms with Gasteiger partial charge in [-0.2, -0.15) is 0 Å². The molecule has 0 radical (unpaired) electrons. The van der Waals surface area contributed by atoms with Crippen LogP contribution in [0, 0.1) is 6.92 Å². The Hall–Kier alpha value is -1.96. The number of rotatable bonds is 5. The maximum atomic E-state index is 11.9. The first-order valence-electron chi connectivity index (χ1n) is 7.16. The highest BCUT2D eigenvalue weighted by Crippen LogP contribution is 2.16. The standard InChI is InChI=1S/C16H19N3O2S2/c1-3-17-23(20,21)14-10-8-13(9-11-14)18-16(22)19-15-7-5-4-6-12(15)2/h4-11,17H,3H2,1-2H3,(H2,18,19,22). The SMILES string of the molecule is CCNS(=O)(=O)c1ccc(NC(=S)Nc2ccccc2C)cc1. The molecule has 0 aliphatic heterocycles. The molecule has 2 aromatic carbocycles. The average Bonchev–Trinajstić information content (AvgIpc) is 2.50. The van der Waals surface area contributed by atoms with Crippen LogP contribution in [0.1, 0.15) is 12.5 Å². The van der Waals surface area contributed by atoms with Gasteiger partial charge in [-0.3, -0.25) is 0 Å². The Bertz CT molecular complexity index is 787. The van der Waals surface area contributed by atoms with Crippen molar-refractivity contribution in [1.29, 1.82) is 0 Å². The van der Waals surface area contributed by atoms with Gasteiger partial charge in [-0.15, -0.1) is 0 Å². The van der Waals surface area contributed by atoms with Crippen LogP contribution in [-0.4, -0.2) is 20.1 Å². The van der Waals surface area contributed by atoms with Crippen molar-refractivity contribution in [3.05, 3.63) is 54.1 Å². The van der Waals surface area contributed by atoms with Gasteiger partial charge in [-0.1, -0.05) is 25.1 Å². The zero-order valence-corrected chi connectivity index (χ0v) is 14.6. The van der Waals surface area contributed by atoms with Crippen LogP contribution in [0.15, 0.2) is 53.4 Å². The smallest absolute Gasteiger partial charge is 0.240 e. The van der Waals surface area contributed by atoms with E-state index in [1.54, 1.807) is 19.1 Å². The van der Waals surface area contributed by atoms with Crippen molar-refractivity contribution in [3.63, 3.8) is 0 Å². The summed E-state index contributed by atoms with van der Waals surface area (Å²) >= 11 is 5.27. The number of nitrogens with one attached hydrogen (secondary N) is 3. The molecule has 0 aromatic heterocycles. The van der Waals surface area contributed by atoms with Gasteiger partial charge >= 0.3 is 0 Å². The lowest BCUT2D eigenvalue weighted by atomic mass is 10.2. The topological polar surface area (TPSA) is 70.2 Å². The minimum Gasteiger partial charge on any atom is -0.332 e. The average molecular weight is 349 g/mol. The van der Waals surface area contributed by atoms with Crippen molar-refractivity contribution in [1.82, 2.24) is 4.72 Å². The van der Waals surface area contributed by atoms with Gasteiger partial charge in [0.2, 0.25) is 10.0 Å². The number of thiocarbonyl (C=S) groups is 1. The van der Waals surface area contributed by atoms with Crippen LogP contribution < -0.4 is 15.4 Å². The summed E-state index contributed by atoms with van der Waals surface area (Å²) in [6.45, 7) is 4.08. The summed E-state index contributed by atoms with van der Waals surface area (Å²) < 4.78 is 26.2. The van der Waals surface area contributed by atoms with E-state index >= 15 is 0 Å². The van der Waals surface area contributed by atoms with Gasteiger partial charge in [0.15, 0.2) is 5.11 Å². The minimum atomic E-state index is -3.44. The quantitative estimate of drug-likeness (QED) is 0.724. The molecule has 0 fully saturated rings. The molecular formula is C16H19N3O2S2. The summed E-state index contributed by atoms with van der Waals surface area (Å²) in [6.07, 6.45) is 0. The van der Waals surface area contributed by atoms with Gasteiger partial charge in [0.1, 0.15) is 0 Å². The minimum absolute atomic E-state index is 0.225. The molecule has 122 valence electrons. The van der Waals surface area contributed by atoms with E-state index in [0.717, 1.165) is 11.3 Å². The second-order valence-electron chi connectivity index (χ2n) is 4.92. The Morgan fingerprint density at radius 2 is 1.70 bits per heavy atom. The molecule has 0 atom stereocenters. The van der Waals surface area contributed by atoms with E-state index in [-0.39, 0.29) is 4.90 Å². The molecule has 0 saturated heterocycles. The number of aryl methyl sites for hydroxylation is 1. The van der Waals surface area contributed by atoms with Crippen LogP contribution in [-0.2, 0) is 10.0 Å². The number of benzene rings is 2. The summed E-state index contributed by atoms with van der Waals surface area (Å²) in [6, 6.07) is 14.2. The highest BCUT2D eigenvalue weighted by atomic mass is 32.2. The van der Waals surface area contributed by atoms with E-state index in [2.05, 4.69) is 15.4 Å². The molecule has 0 bridgehead atoms. The zero-order chi connectivity index (χ0) is 16.9. The van der Waals surface area contributed by atoms with Crippen LogP contribution in [0.3, 0.4) is 0 Å². The highest BCUT2D eigenvalue weighted by Gasteiger charge is 2.12. The van der Waals surface area contributed by atoms with Crippen molar-refractivity contribution >= 4 is 38.7 Å². The first-order chi connectivity index (χ1) is 10.9. The third-order valence-electron chi connectivity index (χ3n) is 3.15. The zero-order valence-electron chi connectivity index (χ0n) is 13.0. The fourth-order valence-electron chi connectivity index (χ4n) is 1.99. The van der Waals surface area contributed by atoms with Crippen LogP contribution >= 0.6 is 12.2 Å². The van der Waals surface area contributed by atoms with Crippen molar-refractivity contribution in [2.45, 2.75) is 18.7 Å². The van der Waals surface area contributed by atoms with Gasteiger partial charge in [-0.05, 0) is 55.0 Å². The van der Waals surface area contributed by atoms with Crippen LogP contribution in [0.25, 0.3) is 0 Å². The number of para-hydroxylation sites is 1. The van der Waals surface area contributed by atoms with Gasteiger partial charge in [0, 0.05) is 17.9 Å². The molecular weight excluding hydrogens is 330 g/mol. The Morgan fingerprint density at radius 1 is 1.04 bits per heavy atom. The third kappa shape index (κ3) is 4.75. The van der Waals surface area contributed by atoms with E-state index in [1.807, 2.05) is 31.2 Å². The summed E-state index contributed by atoms with van der Waals surface area (Å²) in [5.41, 5.74) is 2.73. The normalized spacial score (nSPS) is 11.0. The Balaban J connectivity index is 2.04. The van der Waals surface area contributed by atoms with Crippen LogP contribution in [0.5, 0.6) is 0 Å². The largest absolute Gasteiger partial charge is 0.332 e. The Kier molecular flexibility index (Phi) is 5.70. The molecule has 23 heavy (non-hydrogen) atoms. The molecule has 2 rings (SSSR count). The van der Waals surface area contributed by atoms with E-state index in [0.29, 0.717) is 17.3 Å². The highest BCUT2D eigenvalue weighted by molar-refractivity contribution is 7.89. The predicted octanol–water partition coefficient (Wildman–Crippen LogP) is 3.10. The van der Waals surface area contributed by atoms with Gasteiger partial charge in [0.25, 0.3) is 0 Å². The lowest BCUT2D eigenvalue weighted by Crippen LogP contribution is -2.23. The summed E-state index contributed by atoms with van der Waals surface area (Å²) in [7, 11) is -3.44. The fourth-order valence-corrected chi connectivity index (χ4v) is 3.26. The van der Waals surface area contributed by atoms with Gasteiger partial charge < -0.3 is 10.6 Å². The first-order valence-corrected chi connectivity index (χ1v) is 9.05. The van der Waals surface area contributed by atoms with Crippen molar-refractivity contribution < 1.29 is 8.42 Å². The van der Waals surface area contributed by atoms with E-state index in [1.165, 1.54) is 12.1 Å². The van der Waals surface area contributed by atoms with Crippen molar-refractivity contribution in [2.24, 2.45) is 0 Å². The van der Waals surface area contributed by atoms with Gasteiger partial charge in [0.05, 0.1) is 4.90 Å². The van der Waals surface area contributed by atoms with E-state index < -0.39 is 10.0 Å². The lowest BCUT2D eigenvalue weighted by Gasteiger charge is -2.13. The monoisotopic (exact) mass is 349 g/mol. The van der Waals surface area contributed by atoms with E-state index in [4.69, 9.17) is 12.2 Å². The lowest BCUT2D eigenvalue weighted by molar-refractivity contribution is 0.584. The molecule has 5 nitrogen and oxygen atoms in total. The summed E-state index contributed by atoms with van der Waals surface area (Å²) in [4.78, 5) is 0.225. The van der Waals surface area contributed by atoms with Crippen LogP contribution in [0.4, 0.5) is 11.4 Å². The maximum absolute atomic E-state index is 11.9. The number of hydrogen-bond donors (Lipinski definition) is 3. The molecule has 0 spiro atoms. The molecule has 0 unspecified atom stereocenters. The molecule has 0 heterocycles. The first kappa shape index (κ1) is 17.4. The van der Waals surface area contributed by atoms with Gasteiger partial charge in [-0.25, -0.2) is 13.1 Å². The summed E-state index contributed by atoms with van der Waals surface area (Å²) in [5, 5.41) is 6.59. The number of sulfonamides is 1. The van der Waals surface area contributed by atoms with E-state index in [9.17, 15) is 8.42 Å². The maximum Gasteiger partial charge on any atom is 0.240 e.